The highest BCUT2D eigenvalue weighted by atomic mass is 32.1. The minimum atomic E-state index is -0.163. The van der Waals surface area contributed by atoms with E-state index in [9.17, 15) is 4.79 Å². The third kappa shape index (κ3) is 3.71. The zero-order valence-electron chi connectivity index (χ0n) is 7.52. The van der Waals surface area contributed by atoms with Gasteiger partial charge in [0.1, 0.15) is 0 Å². The first-order valence-corrected chi connectivity index (χ1v) is 4.61. The van der Waals surface area contributed by atoms with Crippen molar-refractivity contribution in [2.24, 2.45) is 0 Å². The Labute approximate surface area is 80.9 Å². The minimum absolute atomic E-state index is 0.163. The highest BCUT2D eigenvalue weighted by Gasteiger charge is 1.98. The third-order valence-electron chi connectivity index (χ3n) is 1.19. The van der Waals surface area contributed by atoms with Crippen LogP contribution < -0.4 is 5.32 Å². The van der Waals surface area contributed by atoms with Crippen molar-refractivity contribution in [3.63, 3.8) is 0 Å². The van der Waals surface area contributed by atoms with Crippen LogP contribution in [0.2, 0.25) is 0 Å². The first-order valence-electron chi connectivity index (χ1n) is 3.73. The van der Waals surface area contributed by atoms with E-state index in [-0.39, 0.29) is 5.91 Å². The van der Waals surface area contributed by atoms with Gasteiger partial charge in [-0.05, 0) is 0 Å². The van der Waals surface area contributed by atoms with E-state index in [0.29, 0.717) is 5.13 Å². The molecule has 1 rings (SSSR count). The van der Waals surface area contributed by atoms with E-state index >= 15 is 0 Å². The van der Waals surface area contributed by atoms with Crippen molar-refractivity contribution >= 4 is 22.4 Å². The fourth-order valence-corrected chi connectivity index (χ4v) is 1.18. The number of hydrogen-bond acceptors (Lipinski definition) is 4. The smallest absolute Gasteiger partial charge is 0.251 e. The number of rotatable bonds is 3. The number of hydrogen-bond donors (Lipinski definition) is 1. The Morgan fingerprint density at radius 1 is 1.69 bits per heavy atom. The number of anilines is 1. The Morgan fingerprint density at radius 2 is 2.46 bits per heavy atom. The molecular formula is C8H11N3OS. The molecule has 0 spiro atoms. The Hall–Kier alpha value is -1.36. The summed E-state index contributed by atoms with van der Waals surface area (Å²) >= 11 is 1.39. The van der Waals surface area contributed by atoms with Gasteiger partial charge in [-0.15, -0.1) is 11.3 Å². The summed E-state index contributed by atoms with van der Waals surface area (Å²) in [6, 6.07) is 0. The summed E-state index contributed by atoms with van der Waals surface area (Å²) in [7, 11) is 3.71. The molecule has 1 amide bonds. The van der Waals surface area contributed by atoms with E-state index in [0.717, 1.165) is 0 Å². The second-order valence-electron chi connectivity index (χ2n) is 2.61. The maximum atomic E-state index is 11.2. The number of nitrogens with zero attached hydrogens (tertiary/aromatic N) is 2. The van der Waals surface area contributed by atoms with Crippen LogP contribution >= 0.6 is 11.3 Å². The van der Waals surface area contributed by atoms with Crippen LogP contribution in [-0.2, 0) is 4.79 Å². The van der Waals surface area contributed by atoms with E-state index in [4.69, 9.17) is 0 Å². The van der Waals surface area contributed by atoms with Gasteiger partial charge in [0.25, 0.3) is 5.91 Å². The van der Waals surface area contributed by atoms with E-state index in [2.05, 4.69) is 10.3 Å². The predicted molar refractivity (Wildman–Crippen MR) is 53.6 cm³/mol. The first kappa shape index (κ1) is 9.73. The molecule has 1 heterocycles. The van der Waals surface area contributed by atoms with Crippen molar-refractivity contribution in [2.75, 3.05) is 19.4 Å². The zero-order chi connectivity index (χ0) is 9.68. The molecule has 5 heteroatoms. The van der Waals surface area contributed by atoms with Crippen LogP contribution in [0.25, 0.3) is 0 Å². The maximum absolute atomic E-state index is 11.2. The molecule has 1 aromatic rings. The maximum Gasteiger partial charge on any atom is 0.251 e. The Balaban J connectivity index is 2.43. The Kier molecular flexibility index (Phi) is 3.45. The molecular weight excluding hydrogens is 186 g/mol. The van der Waals surface area contributed by atoms with E-state index in [1.165, 1.54) is 17.4 Å². The van der Waals surface area contributed by atoms with Gasteiger partial charge in [0.05, 0.1) is 0 Å². The van der Waals surface area contributed by atoms with Crippen LogP contribution in [0.1, 0.15) is 0 Å². The summed E-state index contributed by atoms with van der Waals surface area (Å²) in [6.07, 6.45) is 4.79. The SMILES string of the molecule is CN(C)/C=C/C(=O)Nc1nccs1. The highest BCUT2D eigenvalue weighted by Crippen LogP contribution is 2.09. The van der Waals surface area contributed by atoms with E-state index in [1.54, 1.807) is 17.3 Å². The monoisotopic (exact) mass is 197 g/mol. The molecule has 0 radical (unpaired) electrons. The van der Waals surface area contributed by atoms with Crippen LogP contribution in [0.15, 0.2) is 23.9 Å². The van der Waals surface area contributed by atoms with Crippen molar-refractivity contribution in [2.45, 2.75) is 0 Å². The normalized spacial score (nSPS) is 10.3. The average molecular weight is 197 g/mol. The molecule has 0 aliphatic carbocycles. The molecule has 4 nitrogen and oxygen atoms in total. The van der Waals surface area contributed by atoms with E-state index in [1.807, 2.05) is 19.5 Å². The second kappa shape index (κ2) is 4.61. The summed E-state index contributed by atoms with van der Waals surface area (Å²) in [6.45, 7) is 0. The van der Waals surface area contributed by atoms with E-state index < -0.39 is 0 Å². The number of nitrogens with one attached hydrogen (secondary N) is 1. The fourth-order valence-electron chi connectivity index (χ4n) is 0.649. The molecule has 0 bridgehead atoms. The van der Waals surface area contributed by atoms with Gasteiger partial charge < -0.3 is 4.90 Å². The van der Waals surface area contributed by atoms with Gasteiger partial charge in [-0.1, -0.05) is 0 Å². The lowest BCUT2D eigenvalue weighted by atomic mass is 10.5. The molecule has 1 N–H and O–H groups in total. The standard InChI is InChI=1S/C8H11N3OS/c1-11(2)5-3-7(12)10-8-9-4-6-13-8/h3-6H,1-2H3,(H,9,10,12)/b5-3+. The molecule has 0 atom stereocenters. The van der Waals surface area contributed by atoms with Crippen molar-refractivity contribution < 1.29 is 4.79 Å². The summed E-state index contributed by atoms with van der Waals surface area (Å²) in [5.41, 5.74) is 0. The molecule has 0 aliphatic heterocycles. The molecule has 1 aromatic heterocycles. The largest absolute Gasteiger partial charge is 0.383 e. The van der Waals surface area contributed by atoms with Crippen LogP contribution in [0.4, 0.5) is 5.13 Å². The minimum Gasteiger partial charge on any atom is -0.383 e. The van der Waals surface area contributed by atoms with Crippen molar-refractivity contribution in [1.82, 2.24) is 9.88 Å². The quantitative estimate of drug-likeness (QED) is 0.739. The Morgan fingerprint density at radius 3 is 3.00 bits per heavy atom. The van der Waals surface area contributed by atoms with Gasteiger partial charge in [-0.25, -0.2) is 4.98 Å². The first-order chi connectivity index (χ1) is 6.18. The molecule has 0 saturated carbocycles. The van der Waals surface area contributed by atoms with Crippen molar-refractivity contribution in [3.05, 3.63) is 23.9 Å². The highest BCUT2D eigenvalue weighted by molar-refractivity contribution is 7.13. The third-order valence-corrected chi connectivity index (χ3v) is 1.88. The van der Waals surface area contributed by atoms with Gasteiger partial charge >= 0.3 is 0 Å². The number of carbonyl (C=O) groups excluding carboxylic acids is 1. The molecule has 0 aromatic carbocycles. The summed E-state index contributed by atoms with van der Waals surface area (Å²) in [4.78, 5) is 16.9. The van der Waals surface area contributed by atoms with Crippen LogP contribution in [0.3, 0.4) is 0 Å². The lowest BCUT2D eigenvalue weighted by Gasteiger charge is -2.02. The van der Waals surface area contributed by atoms with Gasteiger partial charge in [-0.2, -0.15) is 0 Å². The lowest BCUT2D eigenvalue weighted by molar-refractivity contribution is -0.112. The van der Waals surface area contributed by atoms with Crippen LogP contribution in [0.5, 0.6) is 0 Å². The fraction of sp³-hybridized carbons (Fsp3) is 0.250. The molecule has 70 valence electrons. The van der Waals surface area contributed by atoms with Gasteiger partial charge in [-0.3, -0.25) is 10.1 Å². The molecule has 0 unspecified atom stereocenters. The number of aromatic nitrogens is 1. The summed E-state index contributed by atoms with van der Waals surface area (Å²) < 4.78 is 0. The number of thiazole rings is 1. The van der Waals surface area contributed by atoms with Gasteiger partial charge in [0.2, 0.25) is 0 Å². The average Bonchev–Trinajstić information content (AvgIpc) is 2.53. The molecule has 0 fully saturated rings. The zero-order valence-corrected chi connectivity index (χ0v) is 8.34. The van der Waals surface area contributed by atoms with Gasteiger partial charge in [0.15, 0.2) is 5.13 Å². The van der Waals surface area contributed by atoms with Gasteiger partial charge in [0, 0.05) is 37.9 Å². The summed E-state index contributed by atoms with van der Waals surface area (Å²) in [5, 5.41) is 5.06. The topological polar surface area (TPSA) is 45.2 Å². The van der Waals surface area contributed by atoms with Crippen LogP contribution in [0, 0.1) is 0 Å². The number of carbonyl (C=O) groups is 1. The second-order valence-corrected chi connectivity index (χ2v) is 3.50. The van der Waals surface area contributed by atoms with Crippen molar-refractivity contribution in [1.29, 1.82) is 0 Å². The summed E-state index contributed by atoms with van der Waals surface area (Å²) in [5.74, 6) is -0.163. The lowest BCUT2D eigenvalue weighted by Crippen LogP contribution is -2.10. The molecule has 0 saturated heterocycles. The van der Waals surface area contributed by atoms with Crippen molar-refractivity contribution in [3.8, 4) is 0 Å². The van der Waals surface area contributed by atoms with Crippen LogP contribution in [-0.4, -0.2) is 29.9 Å². The Bertz CT molecular complexity index is 292. The number of amides is 1. The molecule has 0 aliphatic rings. The predicted octanol–water partition coefficient (Wildman–Crippen LogP) is 1.16. The molecule has 13 heavy (non-hydrogen) atoms.